The van der Waals surface area contributed by atoms with E-state index in [9.17, 15) is 18.8 Å². The largest absolute Gasteiger partial charge is 0.497 e. The number of nitrogens with zero attached hydrogens (tertiary/aromatic N) is 1. The highest BCUT2D eigenvalue weighted by Crippen LogP contribution is 2.34. The van der Waals surface area contributed by atoms with E-state index in [0.717, 1.165) is 0 Å². The number of rotatable bonds is 5. The van der Waals surface area contributed by atoms with E-state index < -0.39 is 17.8 Å². The van der Waals surface area contributed by atoms with Gasteiger partial charge in [0.1, 0.15) is 30.0 Å². The standard InChI is InChI=1S/C21H19FN2O5/c1-28-13-6-5-12(16(22)9-13)11-29-18-4-2-3-14-15(18)10-24(21(14)27)17-7-8-19(25)23-20(17)26/h2-6,9,17H,7-8,10-11H2,1H3,(H,23,25,26)/t17-/m0/s1. The fraction of sp³-hybridized carbons (Fsp3) is 0.286. The number of benzene rings is 2. The van der Waals surface area contributed by atoms with Crippen LogP contribution in [0.25, 0.3) is 0 Å². The van der Waals surface area contributed by atoms with Crippen LogP contribution in [0.15, 0.2) is 36.4 Å². The van der Waals surface area contributed by atoms with Gasteiger partial charge in [-0.15, -0.1) is 0 Å². The fourth-order valence-electron chi connectivity index (χ4n) is 3.62. The lowest BCUT2D eigenvalue weighted by Gasteiger charge is -2.29. The Bertz CT molecular complexity index is 1010. The number of ether oxygens (including phenoxy) is 2. The van der Waals surface area contributed by atoms with Crippen molar-refractivity contribution < 1.29 is 28.2 Å². The molecule has 2 aliphatic rings. The zero-order valence-corrected chi connectivity index (χ0v) is 15.7. The zero-order chi connectivity index (χ0) is 20.5. The number of amides is 3. The number of imide groups is 1. The predicted molar refractivity (Wildman–Crippen MR) is 99.8 cm³/mol. The highest BCUT2D eigenvalue weighted by Gasteiger charge is 2.40. The normalized spacial score (nSPS) is 18.5. The van der Waals surface area contributed by atoms with E-state index in [-0.39, 0.29) is 37.8 Å². The second-order valence-electron chi connectivity index (χ2n) is 6.93. The van der Waals surface area contributed by atoms with Gasteiger partial charge in [-0.1, -0.05) is 6.07 Å². The van der Waals surface area contributed by atoms with Gasteiger partial charge in [-0.2, -0.15) is 0 Å². The summed E-state index contributed by atoms with van der Waals surface area (Å²) < 4.78 is 25.0. The third-order valence-electron chi connectivity index (χ3n) is 5.18. The van der Waals surface area contributed by atoms with E-state index in [2.05, 4.69) is 5.32 Å². The van der Waals surface area contributed by atoms with Crippen molar-refractivity contribution in [3.05, 3.63) is 58.9 Å². The van der Waals surface area contributed by atoms with Gasteiger partial charge in [0.15, 0.2) is 0 Å². The van der Waals surface area contributed by atoms with E-state index in [1.54, 1.807) is 30.3 Å². The maximum Gasteiger partial charge on any atom is 0.255 e. The van der Waals surface area contributed by atoms with Gasteiger partial charge in [-0.25, -0.2) is 4.39 Å². The van der Waals surface area contributed by atoms with Crippen LogP contribution in [0.4, 0.5) is 4.39 Å². The molecule has 0 aromatic heterocycles. The lowest BCUT2D eigenvalue weighted by molar-refractivity contribution is -0.136. The molecule has 1 N–H and O–H groups in total. The molecule has 2 heterocycles. The maximum absolute atomic E-state index is 14.2. The van der Waals surface area contributed by atoms with Crippen LogP contribution in [-0.2, 0) is 22.7 Å². The van der Waals surface area contributed by atoms with Crippen LogP contribution in [0, 0.1) is 5.82 Å². The summed E-state index contributed by atoms with van der Waals surface area (Å²) >= 11 is 0. The summed E-state index contributed by atoms with van der Waals surface area (Å²) in [6.45, 7) is 0.181. The average Bonchev–Trinajstić information content (AvgIpc) is 3.04. The molecule has 1 saturated heterocycles. The molecule has 8 heteroatoms. The molecule has 0 bridgehead atoms. The number of hydrogen-bond acceptors (Lipinski definition) is 5. The Morgan fingerprint density at radius 1 is 1.21 bits per heavy atom. The summed E-state index contributed by atoms with van der Waals surface area (Å²) in [6.07, 6.45) is 0.480. The van der Waals surface area contributed by atoms with Crippen molar-refractivity contribution in [2.24, 2.45) is 0 Å². The minimum absolute atomic E-state index is 0.0150. The van der Waals surface area contributed by atoms with E-state index in [1.165, 1.54) is 18.1 Å². The van der Waals surface area contributed by atoms with E-state index in [1.807, 2.05) is 0 Å². The molecule has 4 rings (SSSR count). The molecule has 3 amide bonds. The summed E-state index contributed by atoms with van der Waals surface area (Å²) in [7, 11) is 1.46. The number of piperidine rings is 1. The van der Waals surface area contributed by atoms with Crippen molar-refractivity contribution in [3.8, 4) is 11.5 Å². The van der Waals surface area contributed by atoms with Crippen LogP contribution >= 0.6 is 0 Å². The molecule has 1 atom stereocenters. The van der Waals surface area contributed by atoms with E-state index in [0.29, 0.717) is 28.2 Å². The summed E-state index contributed by atoms with van der Waals surface area (Å²) in [5, 5.41) is 2.28. The zero-order valence-electron chi connectivity index (χ0n) is 15.7. The lowest BCUT2D eigenvalue weighted by Crippen LogP contribution is -2.52. The molecule has 0 unspecified atom stereocenters. The van der Waals surface area contributed by atoms with Crippen molar-refractivity contribution in [2.75, 3.05) is 7.11 Å². The van der Waals surface area contributed by atoms with Gasteiger partial charge in [0.05, 0.1) is 13.7 Å². The van der Waals surface area contributed by atoms with Crippen molar-refractivity contribution in [1.82, 2.24) is 10.2 Å². The Balaban J connectivity index is 1.53. The van der Waals surface area contributed by atoms with Gasteiger partial charge in [-0.05, 0) is 30.7 Å². The molecule has 0 saturated carbocycles. The van der Waals surface area contributed by atoms with Crippen LogP contribution in [0.3, 0.4) is 0 Å². The first kappa shape index (κ1) is 18.9. The highest BCUT2D eigenvalue weighted by molar-refractivity contribution is 6.05. The van der Waals surface area contributed by atoms with Gasteiger partial charge < -0.3 is 14.4 Å². The molecule has 1 fully saturated rings. The van der Waals surface area contributed by atoms with Gasteiger partial charge in [-0.3, -0.25) is 19.7 Å². The molecular formula is C21H19FN2O5. The van der Waals surface area contributed by atoms with E-state index in [4.69, 9.17) is 9.47 Å². The number of carbonyl (C=O) groups excluding carboxylic acids is 3. The summed E-state index contributed by atoms with van der Waals surface area (Å²) in [4.78, 5) is 37.8. The van der Waals surface area contributed by atoms with Gasteiger partial charge in [0, 0.05) is 29.2 Å². The van der Waals surface area contributed by atoms with Gasteiger partial charge in [0.25, 0.3) is 5.91 Å². The molecule has 0 aliphatic carbocycles. The summed E-state index contributed by atoms with van der Waals surface area (Å²) in [5.74, 6) is -0.655. The van der Waals surface area contributed by atoms with Crippen molar-refractivity contribution >= 4 is 17.7 Å². The summed E-state index contributed by atoms with van der Waals surface area (Å²) in [6, 6.07) is 8.88. The molecular weight excluding hydrogens is 379 g/mol. The quantitative estimate of drug-likeness (QED) is 0.781. The SMILES string of the molecule is COc1ccc(COc2cccc3c2CN([C@H]2CCC(=O)NC2=O)C3=O)c(F)c1. The fourth-order valence-corrected chi connectivity index (χ4v) is 3.62. The molecule has 2 aromatic carbocycles. The highest BCUT2D eigenvalue weighted by atomic mass is 19.1. The Morgan fingerprint density at radius 2 is 2.03 bits per heavy atom. The number of carbonyl (C=O) groups is 3. The first-order chi connectivity index (χ1) is 14.0. The Morgan fingerprint density at radius 3 is 2.76 bits per heavy atom. The minimum atomic E-state index is -0.695. The first-order valence-electron chi connectivity index (χ1n) is 9.19. The van der Waals surface area contributed by atoms with Crippen LogP contribution < -0.4 is 14.8 Å². The second kappa shape index (κ2) is 7.54. The maximum atomic E-state index is 14.2. The second-order valence-corrected chi connectivity index (χ2v) is 6.93. The molecule has 2 aliphatic heterocycles. The molecule has 29 heavy (non-hydrogen) atoms. The average molecular weight is 398 g/mol. The van der Waals surface area contributed by atoms with Crippen molar-refractivity contribution in [1.29, 1.82) is 0 Å². The number of halogens is 1. The molecule has 0 spiro atoms. The topological polar surface area (TPSA) is 84.9 Å². The van der Waals surface area contributed by atoms with Crippen LogP contribution in [-0.4, -0.2) is 35.8 Å². The third-order valence-corrected chi connectivity index (χ3v) is 5.18. The number of fused-ring (bicyclic) bond motifs is 1. The number of hydrogen-bond donors (Lipinski definition) is 1. The van der Waals surface area contributed by atoms with Crippen LogP contribution in [0.5, 0.6) is 11.5 Å². The predicted octanol–water partition coefficient (Wildman–Crippen LogP) is 2.17. The van der Waals surface area contributed by atoms with Gasteiger partial charge >= 0.3 is 0 Å². The molecule has 0 radical (unpaired) electrons. The smallest absolute Gasteiger partial charge is 0.255 e. The molecule has 2 aromatic rings. The Labute approximate surface area is 166 Å². The minimum Gasteiger partial charge on any atom is -0.497 e. The number of methoxy groups -OCH3 is 1. The first-order valence-corrected chi connectivity index (χ1v) is 9.19. The summed E-state index contributed by atoms with van der Waals surface area (Å²) in [5.41, 5.74) is 1.45. The van der Waals surface area contributed by atoms with Crippen LogP contribution in [0.1, 0.15) is 34.3 Å². The van der Waals surface area contributed by atoms with Crippen molar-refractivity contribution in [2.45, 2.75) is 32.0 Å². The molecule has 7 nitrogen and oxygen atoms in total. The van der Waals surface area contributed by atoms with E-state index >= 15 is 0 Å². The number of nitrogens with one attached hydrogen (secondary N) is 1. The molecule has 150 valence electrons. The monoisotopic (exact) mass is 398 g/mol. The Kier molecular flexibility index (Phi) is 4.92. The Hall–Kier alpha value is -3.42. The lowest BCUT2D eigenvalue weighted by atomic mass is 10.0. The van der Waals surface area contributed by atoms with Gasteiger partial charge in [0.2, 0.25) is 11.8 Å². The van der Waals surface area contributed by atoms with Crippen LogP contribution in [0.2, 0.25) is 0 Å². The third kappa shape index (κ3) is 3.53. The van der Waals surface area contributed by atoms with Crippen molar-refractivity contribution in [3.63, 3.8) is 0 Å².